The Morgan fingerprint density at radius 2 is 1.96 bits per heavy atom. The number of rotatable bonds is 4. The molecule has 27 heavy (non-hydrogen) atoms. The van der Waals surface area contributed by atoms with Crippen LogP contribution < -0.4 is 5.32 Å². The first-order chi connectivity index (χ1) is 13.0. The molecule has 9 heteroatoms. The van der Waals surface area contributed by atoms with Gasteiger partial charge in [0.05, 0.1) is 10.6 Å². The number of nitro groups is 1. The monoisotopic (exact) mass is 379 g/mol. The molecule has 0 spiro atoms. The van der Waals surface area contributed by atoms with Gasteiger partial charge >= 0.3 is 0 Å². The van der Waals surface area contributed by atoms with Gasteiger partial charge in [-0.05, 0) is 13.0 Å². The Hall–Kier alpha value is -3.59. The molecule has 0 aliphatic rings. The number of thiazole rings is 1. The number of hydrogen-bond acceptors (Lipinski definition) is 6. The number of hydrogen-bond donors (Lipinski definition) is 1. The fourth-order valence-electron chi connectivity index (χ4n) is 2.78. The number of nitrogens with zero attached hydrogens (tertiary/aromatic N) is 4. The van der Waals surface area contributed by atoms with Gasteiger partial charge in [-0.2, -0.15) is 4.98 Å². The molecular formula is C18H13N5O3S. The lowest BCUT2D eigenvalue weighted by Crippen LogP contribution is -2.15. The third kappa shape index (κ3) is 3.04. The van der Waals surface area contributed by atoms with Gasteiger partial charge in [0.15, 0.2) is 0 Å². The van der Waals surface area contributed by atoms with Crippen LogP contribution in [0.1, 0.15) is 15.9 Å². The van der Waals surface area contributed by atoms with Crippen molar-refractivity contribution < 1.29 is 9.72 Å². The van der Waals surface area contributed by atoms with Crippen LogP contribution in [-0.2, 0) is 0 Å². The van der Waals surface area contributed by atoms with E-state index in [1.807, 2.05) is 35.7 Å². The largest absolute Gasteiger partial charge is 0.289 e. The topological polar surface area (TPSA) is 102 Å². The third-order valence-electron chi connectivity index (χ3n) is 4.12. The average Bonchev–Trinajstić information content (AvgIpc) is 3.22. The molecule has 2 heterocycles. The predicted octanol–water partition coefficient (Wildman–Crippen LogP) is 3.93. The number of benzene rings is 2. The molecule has 0 saturated heterocycles. The molecule has 0 unspecified atom stereocenters. The summed E-state index contributed by atoms with van der Waals surface area (Å²) in [5.74, 6) is -0.342. The lowest BCUT2D eigenvalue weighted by atomic mass is 10.1. The normalized spacial score (nSPS) is 10.9. The second-order valence-electron chi connectivity index (χ2n) is 5.78. The van der Waals surface area contributed by atoms with Crippen LogP contribution in [-0.4, -0.2) is 25.4 Å². The van der Waals surface area contributed by atoms with Crippen molar-refractivity contribution in [2.75, 3.05) is 5.32 Å². The van der Waals surface area contributed by atoms with E-state index in [0.717, 1.165) is 11.3 Å². The van der Waals surface area contributed by atoms with Crippen LogP contribution in [0.15, 0.2) is 53.9 Å². The van der Waals surface area contributed by atoms with E-state index < -0.39 is 10.8 Å². The summed E-state index contributed by atoms with van der Waals surface area (Å²) < 4.78 is 1.66. The first-order valence-corrected chi connectivity index (χ1v) is 8.87. The van der Waals surface area contributed by atoms with E-state index in [2.05, 4.69) is 15.4 Å². The first kappa shape index (κ1) is 16.9. The summed E-state index contributed by atoms with van der Waals surface area (Å²) in [7, 11) is 0. The summed E-state index contributed by atoms with van der Waals surface area (Å²) in [6.07, 6.45) is 0. The van der Waals surface area contributed by atoms with Crippen LogP contribution in [0, 0.1) is 17.0 Å². The van der Waals surface area contributed by atoms with Crippen LogP contribution in [0.3, 0.4) is 0 Å². The van der Waals surface area contributed by atoms with Crippen molar-refractivity contribution in [1.29, 1.82) is 0 Å². The molecule has 0 aliphatic carbocycles. The Labute approximate surface area is 157 Å². The van der Waals surface area contributed by atoms with E-state index in [0.29, 0.717) is 10.5 Å². The van der Waals surface area contributed by atoms with Gasteiger partial charge in [0.2, 0.25) is 4.96 Å². The number of anilines is 1. The highest BCUT2D eigenvalue weighted by Gasteiger charge is 2.20. The van der Waals surface area contributed by atoms with Crippen molar-refractivity contribution in [3.8, 4) is 11.3 Å². The second-order valence-corrected chi connectivity index (χ2v) is 6.61. The summed E-state index contributed by atoms with van der Waals surface area (Å²) in [5.41, 5.74) is 2.26. The molecule has 2 aromatic carbocycles. The van der Waals surface area contributed by atoms with Gasteiger partial charge in [0.1, 0.15) is 0 Å². The minimum atomic E-state index is -0.511. The number of amides is 1. The van der Waals surface area contributed by atoms with Crippen molar-refractivity contribution >= 4 is 33.8 Å². The molecule has 4 rings (SSSR count). The maximum atomic E-state index is 12.5. The highest BCUT2D eigenvalue weighted by atomic mass is 32.1. The second kappa shape index (κ2) is 6.61. The first-order valence-electron chi connectivity index (χ1n) is 7.99. The molecule has 1 amide bonds. The van der Waals surface area contributed by atoms with E-state index in [4.69, 9.17) is 0 Å². The summed E-state index contributed by atoms with van der Waals surface area (Å²) in [6.45, 7) is 1.54. The van der Waals surface area contributed by atoms with Crippen molar-refractivity contribution in [3.63, 3.8) is 0 Å². The Kier molecular flexibility index (Phi) is 4.13. The smallest absolute Gasteiger partial charge is 0.273 e. The zero-order chi connectivity index (χ0) is 19.0. The number of carbonyl (C=O) groups excluding carboxylic acids is 1. The third-order valence-corrected chi connectivity index (χ3v) is 4.94. The maximum Gasteiger partial charge on any atom is 0.273 e. The Morgan fingerprint density at radius 1 is 1.19 bits per heavy atom. The van der Waals surface area contributed by atoms with E-state index in [9.17, 15) is 14.9 Å². The van der Waals surface area contributed by atoms with Crippen molar-refractivity contribution in [2.24, 2.45) is 0 Å². The SMILES string of the molecule is Cc1c(C(=O)Nc2nc3scc(-c4ccccc4)n3n2)cccc1[N+](=O)[O-]. The number of carbonyl (C=O) groups is 1. The molecule has 1 N–H and O–H groups in total. The fraction of sp³-hybridized carbons (Fsp3) is 0.0556. The minimum Gasteiger partial charge on any atom is -0.289 e. The van der Waals surface area contributed by atoms with Crippen LogP contribution in [0.4, 0.5) is 11.6 Å². The van der Waals surface area contributed by atoms with Crippen molar-refractivity contribution in [1.82, 2.24) is 14.6 Å². The molecule has 0 saturated carbocycles. The zero-order valence-electron chi connectivity index (χ0n) is 14.1. The number of nitro benzene ring substituents is 1. The molecule has 8 nitrogen and oxygen atoms in total. The molecule has 4 aromatic rings. The molecule has 134 valence electrons. The standard InChI is InChI=1S/C18H13N5O3S/c1-11-13(8-5-9-14(11)23(25)26)16(24)19-17-20-18-22(21-17)15(10-27-18)12-6-3-2-4-7-12/h2-10H,1H3,(H,19,21,24). The van der Waals surface area contributed by atoms with Crippen LogP contribution in [0.25, 0.3) is 16.2 Å². The molecule has 0 atom stereocenters. The molecule has 0 fully saturated rings. The van der Waals surface area contributed by atoms with E-state index in [1.54, 1.807) is 11.4 Å². The quantitative estimate of drug-likeness (QED) is 0.427. The maximum absolute atomic E-state index is 12.5. The van der Waals surface area contributed by atoms with E-state index in [-0.39, 0.29) is 17.2 Å². The van der Waals surface area contributed by atoms with Gasteiger partial charge in [0.25, 0.3) is 17.5 Å². The predicted molar refractivity (Wildman–Crippen MR) is 102 cm³/mol. The zero-order valence-corrected chi connectivity index (χ0v) is 14.9. The summed E-state index contributed by atoms with van der Waals surface area (Å²) in [4.78, 5) is 28.0. The van der Waals surface area contributed by atoms with Gasteiger partial charge in [-0.1, -0.05) is 36.4 Å². The summed E-state index contributed by atoms with van der Waals surface area (Å²) >= 11 is 1.41. The van der Waals surface area contributed by atoms with Crippen LogP contribution >= 0.6 is 11.3 Å². The lowest BCUT2D eigenvalue weighted by Gasteiger charge is -2.05. The molecule has 0 bridgehead atoms. The summed E-state index contributed by atoms with van der Waals surface area (Å²) in [5, 5.41) is 20.0. The van der Waals surface area contributed by atoms with Gasteiger partial charge in [0, 0.05) is 28.1 Å². The van der Waals surface area contributed by atoms with Crippen LogP contribution in [0.5, 0.6) is 0 Å². The number of aromatic nitrogens is 3. The Morgan fingerprint density at radius 3 is 2.70 bits per heavy atom. The molecule has 0 radical (unpaired) electrons. The molecular weight excluding hydrogens is 366 g/mol. The van der Waals surface area contributed by atoms with E-state index in [1.165, 1.54) is 29.5 Å². The van der Waals surface area contributed by atoms with Gasteiger partial charge in [-0.15, -0.1) is 16.4 Å². The van der Waals surface area contributed by atoms with Crippen molar-refractivity contribution in [3.05, 3.63) is 75.2 Å². The lowest BCUT2D eigenvalue weighted by molar-refractivity contribution is -0.385. The van der Waals surface area contributed by atoms with Gasteiger partial charge in [-0.3, -0.25) is 20.2 Å². The highest BCUT2D eigenvalue weighted by molar-refractivity contribution is 7.15. The summed E-state index contributed by atoms with van der Waals surface area (Å²) in [6, 6.07) is 14.1. The van der Waals surface area contributed by atoms with Crippen molar-refractivity contribution in [2.45, 2.75) is 6.92 Å². The van der Waals surface area contributed by atoms with Crippen LogP contribution in [0.2, 0.25) is 0 Å². The molecule has 2 aromatic heterocycles. The van der Waals surface area contributed by atoms with Gasteiger partial charge < -0.3 is 0 Å². The fourth-order valence-corrected chi connectivity index (χ4v) is 3.61. The minimum absolute atomic E-state index is 0.104. The molecule has 0 aliphatic heterocycles. The Bertz CT molecular complexity index is 1170. The Balaban J connectivity index is 1.65. The van der Waals surface area contributed by atoms with Gasteiger partial charge in [-0.25, -0.2) is 4.52 Å². The highest BCUT2D eigenvalue weighted by Crippen LogP contribution is 2.26. The van der Waals surface area contributed by atoms with E-state index >= 15 is 0 Å². The number of nitrogens with one attached hydrogen (secondary N) is 1. The number of fused-ring (bicyclic) bond motifs is 1. The average molecular weight is 379 g/mol.